The van der Waals surface area contributed by atoms with Gasteiger partial charge in [-0.3, -0.25) is 0 Å². The average Bonchev–Trinajstić information content (AvgIpc) is 2.48. The van der Waals surface area contributed by atoms with Crippen LogP contribution in [-0.2, 0) is 11.2 Å². The van der Waals surface area contributed by atoms with Crippen LogP contribution in [0.2, 0.25) is 0 Å². The summed E-state index contributed by atoms with van der Waals surface area (Å²) in [6.45, 7) is 2.01. The van der Waals surface area contributed by atoms with E-state index in [9.17, 15) is 4.79 Å². The number of esters is 1. The first-order valence-corrected chi connectivity index (χ1v) is 6.56. The molecule has 0 saturated carbocycles. The highest BCUT2D eigenvalue weighted by atomic mass is 16.5. The molecular formula is C15H17N3O3. The Morgan fingerprint density at radius 1 is 1.33 bits per heavy atom. The quantitative estimate of drug-likeness (QED) is 0.844. The first-order valence-electron chi connectivity index (χ1n) is 6.56. The maximum absolute atomic E-state index is 11.6. The van der Waals surface area contributed by atoms with Gasteiger partial charge < -0.3 is 15.2 Å². The van der Waals surface area contributed by atoms with Crippen molar-refractivity contribution in [1.82, 2.24) is 9.97 Å². The Bertz CT molecular complexity index is 644. The highest BCUT2D eigenvalue weighted by Gasteiger charge is 2.14. The number of hydrogen-bond donors (Lipinski definition) is 1. The van der Waals surface area contributed by atoms with Gasteiger partial charge in [0.05, 0.1) is 13.7 Å². The van der Waals surface area contributed by atoms with Crippen molar-refractivity contribution < 1.29 is 14.3 Å². The van der Waals surface area contributed by atoms with Crippen LogP contribution in [0.15, 0.2) is 30.5 Å². The first kappa shape index (κ1) is 14.8. The molecule has 0 amide bonds. The predicted molar refractivity (Wildman–Crippen MR) is 78.2 cm³/mol. The molecule has 0 fully saturated rings. The van der Waals surface area contributed by atoms with Gasteiger partial charge in [0.15, 0.2) is 0 Å². The minimum Gasteiger partial charge on any atom is -0.496 e. The standard InChI is InChI=1S/C15H17N3O3/c1-3-21-15(19)11-9-17-13(18-14(11)16)8-10-6-4-5-7-12(10)20-2/h4-7,9H,3,8H2,1-2H3,(H2,16,17,18). The van der Waals surface area contributed by atoms with Crippen molar-refractivity contribution in [2.45, 2.75) is 13.3 Å². The van der Waals surface area contributed by atoms with Gasteiger partial charge in [-0.15, -0.1) is 0 Å². The zero-order chi connectivity index (χ0) is 15.2. The van der Waals surface area contributed by atoms with Gasteiger partial charge in [0.25, 0.3) is 0 Å². The van der Waals surface area contributed by atoms with Crippen molar-refractivity contribution in [2.24, 2.45) is 0 Å². The number of rotatable bonds is 5. The van der Waals surface area contributed by atoms with E-state index in [2.05, 4.69) is 9.97 Å². The minimum absolute atomic E-state index is 0.119. The van der Waals surface area contributed by atoms with Crippen molar-refractivity contribution in [3.05, 3.63) is 47.4 Å². The van der Waals surface area contributed by atoms with Crippen LogP contribution in [0.1, 0.15) is 28.7 Å². The number of nitrogens with zero attached hydrogens (tertiary/aromatic N) is 2. The van der Waals surface area contributed by atoms with E-state index < -0.39 is 5.97 Å². The Morgan fingerprint density at radius 2 is 2.10 bits per heavy atom. The third kappa shape index (κ3) is 3.47. The van der Waals surface area contributed by atoms with Gasteiger partial charge in [0, 0.05) is 18.2 Å². The summed E-state index contributed by atoms with van der Waals surface area (Å²) in [7, 11) is 1.61. The molecule has 110 valence electrons. The lowest BCUT2D eigenvalue weighted by Gasteiger charge is -2.09. The smallest absolute Gasteiger partial charge is 0.343 e. The van der Waals surface area contributed by atoms with Crippen molar-refractivity contribution in [3.63, 3.8) is 0 Å². The summed E-state index contributed by atoms with van der Waals surface area (Å²) in [5.41, 5.74) is 6.92. The Hall–Kier alpha value is -2.63. The summed E-state index contributed by atoms with van der Waals surface area (Å²) >= 11 is 0. The van der Waals surface area contributed by atoms with Crippen molar-refractivity contribution in [2.75, 3.05) is 19.5 Å². The molecular weight excluding hydrogens is 270 g/mol. The lowest BCUT2D eigenvalue weighted by atomic mass is 10.1. The number of aromatic nitrogens is 2. The summed E-state index contributed by atoms with van der Waals surface area (Å²) in [6.07, 6.45) is 1.86. The number of ether oxygens (including phenoxy) is 2. The summed E-state index contributed by atoms with van der Waals surface area (Å²) in [6, 6.07) is 7.60. The lowest BCUT2D eigenvalue weighted by molar-refractivity contribution is 0.0526. The number of anilines is 1. The van der Waals surface area contributed by atoms with Crippen molar-refractivity contribution in [1.29, 1.82) is 0 Å². The van der Waals surface area contributed by atoms with Crippen molar-refractivity contribution >= 4 is 11.8 Å². The van der Waals surface area contributed by atoms with E-state index >= 15 is 0 Å². The summed E-state index contributed by atoms with van der Waals surface area (Å²) in [5.74, 6) is 0.881. The Labute approximate surface area is 122 Å². The molecule has 1 aromatic carbocycles. The third-order valence-corrected chi connectivity index (χ3v) is 2.90. The number of carbonyl (C=O) groups excluding carboxylic acids is 1. The maximum Gasteiger partial charge on any atom is 0.343 e. The molecule has 2 aromatic rings. The molecule has 0 aliphatic rings. The van der Waals surface area contributed by atoms with Crippen LogP contribution in [0, 0.1) is 0 Å². The topological polar surface area (TPSA) is 87.3 Å². The summed E-state index contributed by atoms with van der Waals surface area (Å²) < 4.78 is 10.2. The van der Waals surface area contributed by atoms with Crippen LogP contribution in [0.25, 0.3) is 0 Å². The van der Waals surface area contributed by atoms with E-state index in [0.29, 0.717) is 12.2 Å². The van der Waals surface area contributed by atoms with Crippen LogP contribution >= 0.6 is 0 Å². The van der Waals surface area contributed by atoms with Crippen LogP contribution in [0.4, 0.5) is 5.82 Å². The molecule has 0 spiro atoms. The van der Waals surface area contributed by atoms with E-state index in [1.54, 1.807) is 14.0 Å². The normalized spacial score (nSPS) is 10.2. The zero-order valence-corrected chi connectivity index (χ0v) is 12.0. The summed E-state index contributed by atoms with van der Waals surface area (Å²) in [5, 5.41) is 0. The van der Waals surface area contributed by atoms with Gasteiger partial charge in [0.1, 0.15) is 23.0 Å². The number of nitrogen functional groups attached to an aromatic ring is 1. The Morgan fingerprint density at radius 3 is 2.76 bits per heavy atom. The molecule has 0 radical (unpaired) electrons. The second-order valence-corrected chi connectivity index (χ2v) is 4.29. The van der Waals surface area contributed by atoms with Gasteiger partial charge >= 0.3 is 5.97 Å². The number of hydrogen-bond acceptors (Lipinski definition) is 6. The molecule has 0 unspecified atom stereocenters. The Balaban J connectivity index is 2.22. The number of nitrogens with two attached hydrogens (primary N) is 1. The largest absolute Gasteiger partial charge is 0.496 e. The monoisotopic (exact) mass is 287 g/mol. The van der Waals surface area contributed by atoms with E-state index in [1.165, 1.54) is 6.20 Å². The highest BCUT2D eigenvalue weighted by Crippen LogP contribution is 2.20. The van der Waals surface area contributed by atoms with Crippen molar-refractivity contribution in [3.8, 4) is 5.75 Å². The van der Waals surface area contributed by atoms with Crippen LogP contribution < -0.4 is 10.5 Å². The van der Waals surface area contributed by atoms with Gasteiger partial charge in [0.2, 0.25) is 0 Å². The lowest BCUT2D eigenvalue weighted by Crippen LogP contribution is -2.12. The second-order valence-electron chi connectivity index (χ2n) is 4.29. The van der Waals surface area contributed by atoms with Crippen LogP contribution in [-0.4, -0.2) is 29.7 Å². The van der Waals surface area contributed by atoms with Gasteiger partial charge in [-0.05, 0) is 13.0 Å². The van der Waals surface area contributed by atoms with Gasteiger partial charge in [-0.1, -0.05) is 18.2 Å². The zero-order valence-electron chi connectivity index (χ0n) is 12.0. The molecule has 0 atom stereocenters. The maximum atomic E-state index is 11.6. The second kappa shape index (κ2) is 6.69. The number of methoxy groups -OCH3 is 1. The van der Waals surface area contributed by atoms with Crippen LogP contribution in [0.3, 0.4) is 0 Å². The fourth-order valence-electron chi connectivity index (χ4n) is 1.90. The van der Waals surface area contributed by atoms with E-state index in [1.807, 2.05) is 24.3 Å². The molecule has 0 aliphatic heterocycles. The minimum atomic E-state index is -0.515. The van der Waals surface area contributed by atoms with E-state index in [4.69, 9.17) is 15.2 Å². The molecule has 6 heteroatoms. The summed E-state index contributed by atoms with van der Waals surface area (Å²) in [4.78, 5) is 20.0. The van der Waals surface area contributed by atoms with E-state index in [-0.39, 0.29) is 18.0 Å². The molecule has 21 heavy (non-hydrogen) atoms. The molecule has 1 aromatic heterocycles. The van der Waals surface area contributed by atoms with Gasteiger partial charge in [-0.25, -0.2) is 14.8 Å². The molecule has 6 nitrogen and oxygen atoms in total. The Kier molecular flexibility index (Phi) is 4.71. The van der Waals surface area contributed by atoms with E-state index in [0.717, 1.165) is 11.3 Å². The molecule has 0 aliphatic carbocycles. The van der Waals surface area contributed by atoms with Gasteiger partial charge in [-0.2, -0.15) is 0 Å². The number of benzene rings is 1. The SMILES string of the molecule is CCOC(=O)c1cnc(Cc2ccccc2OC)nc1N. The van der Waals surface area contributed by atoms with Crippen LogP contribution in [0.5, 0.6) is 5.75 Å². The fraction of sp³-hybridized carbons (Fsp3) is 0.267. The number of carbonyl (C=O) groups is 1. The predicted octanol–water partition coefficient (Wildman–Crippen LogP) is 1.83. The first-order chi connectivity index (χ1) is 10.2. The number of para-hydroxylation sites is 1. The third-order valence-electron chi connectivity index (χ3n) is 2.90. The highest BCUT2D eigenvalue weighted by molar-refractivity contribution is 5.93. The molecule has 1 heterocycles. The molecule has 0 bridgehead atoms. The molecule has 2 N–H and O–H groups in total. The average molecular weight is 287 g/mol. The molecule has 0 saturated heterocycles. The molecule has 2 rings (SSSR count). The fourth-order valence-corrected chi connectivity index (χ4v) is 1.90.